The van der Waals surface area contributed by atoms with E-state index in [0.717, 1.165) is 28.8 Å². The molecule has 0 spiro atoms. The summed E-state index contributed by atoms with van der Waals surface area (Å²) in [6, 6.07) is 20.6. The van der Waals surface area contributed by atoms with Crippen LogP contribution in [0.1, 0.15) is 27.0 Å². The molecule has 1 heterocycles. The van der Waals surface area contributed by atoms with Crippen molar-refractivity contribution in [1.82, 2.24) is 5.43 Å². The molecule has 5 nitrogen and oxygen atoms in total. The lowest BCUT2D eigenvalue weighted by Gasteiger charge is -2.17. The fourth-order valence-electron chi connectivity index (χ4n) is 3.21. The summed E-state index contributed by atoms with van der Waals surface area (Å²) in [6.45, 7) is 1.60. The van der Waals surface area contributed by atoms with Crippen molar-refractivity contribution in [1.29, 1.82) is 0 Å². The molecule has 1 aliphatic rings. The molecule has 6 heteroatoms. The highest BCUT2D eigenvalue weighted by Crippen LogP contribution is 2.29. The topological polar surface area (TPSA) is 64.9 Å². The standard InChI is InChI=1S/C22H18BrN3O2/c23-19-6-8-20(9-7-19)26-13-17-5-4-16(11-18(17)14-26)22(28)25-24-12-15-2-1-3-21(27)10-15/h1-12,27H,13-14H2,(H,25,28)/b24-12+. The third-order valence-corrected chi connectivity index (χ3v) is 5.16. The van der Waals surface area contributed by atoms with Crippen LogP contribution < -0.4 is 10.3 Å². The van der Waals surface area contributed by atoms with Crippen LogP contribution in [0.25, 0.3) is 0 Å². The minimum absolute atomic E-state index is 0.157. The number of nitrogens with zero attached hydrogens (tertiary/aromatic N) is 2. The van der Waals surface area contributed by atoms with Gasteiger partial charge in [-0.15, -0.1) is 0 Å². The second-order valence-corrected chi connectivity index (χ2v) is 7.53. The quantitative estimate of drug-likeness (QED) is 0.470. The average Bonchev–Trinajstić information content (AvgIpc) is 3.12. The first-order valence-corrected chi connectivity index (χ1v) is 9.62. The number of hydrogen-bond donors (Lipinski definition) is 2. The number of halogens is 1. The van der Waals surface area contributed by atoms with Crippen molar-refractivity contribution in [3.05, 3.63) is 93.5 Å². The molecule has 1 amide bonds. The number of aromatic hydroxyl groups is 1. The van der Waals surface area contributed by atoms with E-state index in [1.54, 1.807) is 24.3 Å². The zero-order valence-corrected chi connectivity index (χ0v) is 16.6. The van der Waals surface area contributed by atoms with Gasteiger partial charge < -0.3 is 10.0 Å². The number of carbonyl (C=O) groups excluding carboxylic acids is 1. The molecular weight excluding hydrogens is 418 g/mol. The Morgan fingerprint density at radius 1 is 1.04 bits per heavy atom. The van der Waals surface area contributed by atoms with Crippen molar-refractivity contribution in [2.75, 3.05) is 4.90 Å². The first-order valence-electron chi connectivity index (χ1n) is 8.83. The number of fused-ring (bicyclic) bond motifs is 1. The van der Waals surface area contributed by atoms with E-state index in [1.165, 1.54) is 11.8 Å². The minimum atomic E-state index is -0.263. The number of amides is 1. The Balaban J connectivity index is 1.43. The van der Waals surface area contributed by atoms with E-state index >= 15 is 0 Å². The Morgan fingerprint density at radius 3 is 2.61 bits per heavy atom. The Morgan fingerprint density at radius 2 is 1.82 bits per heavy atom. The highest BCUT2D eigenvalue weighted by atomic mass is 79.9. The number of carbonyl (C=O) groups is 1. The number of nitrogens with one attached hydrogen (secondary N) is 1. The smallest absolute Gasteiger partial charge is 0.271 e. The van der Waals surface area contributed by atoms with E-state index in [2.05, 4.69) is 43.5 Å². The summed E-state index contributed by atoms with van der Waals surface area (Å²) in [5, 5.41) is 13.4. The highest BCUT2D eigenvalue weighted by Gasteiger charge is 2.20. The summed E-state index contributed by atoms with van der Waals surface area (Å²) in [5.74, 6) is -0.106. The zero-order valence-electron chi connectivity index (χ0n) is 15.0. The summed E-state index contributed by atoms with van der Waals surface area (Å²) in [5.41, 5.74) is 7.34. The van der Waals surface area contributed by atoms with Gasteiger partial charge in [-0.1, -0.05) is 34.1 Å². The largest absolute Gasteiger partial charge is 0.508 e. The number of hydrazone groups is 1. The molecule has 28 heavy (non-hydrogen) atoms. The number of hydrogen-bond acceptors (Lipinski definition) is 4. The molecule has 2 N–H and O–H groups in total. The number of phenols is 1. The Bertz CT molecular complexity index is 1050. The molecule has 140 valence electrons. The molecule has 0 aromatic heterocycles. The van der Waals surface area contributed by atoms with Gasteiger partial charge >= 0.3 is 0 Å². The van der Waals surface area contributed by atoms with Crippen LogP contribution in [0.4, 0.5) is 5.69 Å². The fourth-order valence-corrected chi connectivity index (χ4v) is 3.47. The van der Waals surface area contributed by atoms with Gasteiger partial charge in [-0.3, -0.25) is 4.79 Å². The average molecular weight is 436 g/mol. The van der Waals surface area contributed by atoms with Crippen LogP contribution in [0.2, 0.25) is 0 Å². The van der Waals surface area contributed by atoms with Gasteiger partial charge in [0.1, 0.15) is 5.75 Å². The lowest BCUT2D eigenvalue weighted by molar-refractivity contribution is 0.0955. The molecule has 0 bridgehead atoms. The van der Waals surface area contributed by atoms with Crippen LogP contribution in [0.15, 0.2) is 76.3 Å². The van der Waals surface area contributed by atoms with Crippen LogP contribution >= 0.6 is 15.9 Å². The van der Waals surface area contributed by atoms with Gasteiger partial charge in [0, 0.05) is 28.8 Å². The van der Waals surface area contributed by atoms with Crippen molar-refractivity contribution in [3.63, 3.8) is 0 Å². The highest BCUT2D eigenvalue weighted by molar-refractivity contribution is 9.10. The van der Waals surface area contributed by atoms with Gasteiger partial charge in [-0.05, 0) is 65.2 Å². The third-order valence-electron chi connectivity index (χ3n) is 4.63. The Hall–Kier alpha value is -3.12. The monoisotopic (exact) mass is 435 g/mol. The van der Waals surface area contributed by atoms with Crippen molar-refractivity contribution >= 4 is 33.7 Å². The number of anilines is 1. The Labute approximate surface area is 171 Å². The molecule has 0 aliphatic carbocycles. The maximum atomic E-state index is 12.4. The Kier molecular flexibility index (Phi) is 5.12. The fraction of sp³-hybridized carbons (Fsp3) is 0.0909. The van der Waals surface area contributed by atoms with Crippen LogP contribution in [0, 0.1) is 0 Å². The summed E-state index contributed by atoms with van der Waals surface area (Å²) in [7, 11) is 0. The van der Waals surface area contributed by atoms with E-state index in [9.17, 15) is 9.90 Å². The lowest BCUT2D eigenvalue weighted by atomic mass is 10.1. The molecular formula is C22H18BrN3O2. The predicted octanol–water partition coefficient (Wildman–Crippen LogP) is 4.44. The number of rotatable bonds is 4. The van der Waals surface area contributed by atoms with E-state index in [0.29, 0.717) is 11.1 Å². The molecule has 0 unspecified atom stereocenters. The molecule has 1 aliphatic heterocycles. The molecule has 0 saturated carbocycles. The first-order chi connectivity index (χ1) is 13.6. The van der Waals surface area contributed by atoms with Crippen molar-refractivity contribution < 1.29 is 9.90 Å². The van der Waals surface area contributed by atoms with E-state index in [1.807, 2.05) is 30.3 Å². The minimum Gasteiger partial charge on any atom is -0.508 e. The summed E-state index contributed by atoms with van der Waals surface area (Å²) < 4.78 is 1.05. The molecule has 0 atom stereocenters. The van der Waals surface area contributed by atoms with Crippen molar-refractivity contribution in [2.24, 2.45) is 5.10 Å². The number of benzene rings is 3. The molecule has 3 aromatic carbocycles. The molecule has 4 rings (SSSR count). The van der Waals surface area contributed by atoms with E-state index in [-0.39, 0.29) is 11.7 Å². The molecule has 0 saturated heterocycles. The van der Waals surface area contributed by atoms with Crippen LogP contribution in [0.3, 0.4) is 0 Å². The predicted molar refractivity (Wildman–Crippen MR) is 114 cm³/mol. The van der Waals surface area contributed by atoms with Gasteiger partial charge in [0.15, 0.2) is 0 Å². The summed E-state index contributed by atoms with van der Waals surface area (Å²) in [4.78, 5) is 14.7. The van der Waals surface area contributed by atoms with E-state index < -0.39 is 0 Å². The summed E-state index contributed by atoms with van der Waals surface area (Å²) in [6.07, 6.45) is 1.50. The van der Waals surface area contributed by atoms with Crippen LogP contribution in [0.5, 0.6) is 5.75 Å². The number of phenolic OH excluding ortho intramolecular Hbond substituents is 1. The lowest BCUT2D eigenvalue weighted by Crippen LogP contribution is -2.17. The zero-order chi connectivity index (χ0) is 19.5. The normalized spacial score (nSPS) is 13.0. The van der Waals surface area contributed by atoms with Crippen molar-refractivity contribution in [3.8, 4) is 5.75 Å². The van der Waals surface area contributed by atoms with Gasteiger partial charge in [0.05, 0.1) is 6.21 Å². The SMILES string of the molecule is O=C(N/N=C/c1cccc(O)c1)c1ccc2c(c1)CN(c1ccc(Br)cc1)C2. The van der Waals surface area contributed by atoms with Gasteiger partial charge in [-0.25, -0.2) is 5.43 Å². The molecule has 0 fully saturated rings. The van der Waals surface area contributed by atoms with E-state index in [4.69, 9.17) is 0 Å². The summed E-state index contributed by atoms with van der Waals surface area (Å²) >= 11 is 3.46. The second-order valence-electron chi connectivity index (χ2n) is 6.61. The van der Waals surface area contributed by atoms with Gasteiger partial charge in [0.25, 0.3) is 5.91 Å². The third kappa shape index (κ3) is 4.07. The van der Waals surface area contributed by atoms with Gasteiger partial charge in [-0.2, -0.15) is 5.10 Å². The first kappa shape index (κ1) is 18.3. The maximum Gasteiger partial charge on any atom is 0.271 e. The van der Waals surface area contributed by atoms with Crippen molar-refractivity contribution in [2.45, 2.75) is 13.1 Å². The second kappa shape index (κ2) is 7.86. The molecule has 3 aromatic rings. The van der Waals surface area contributed by atoms with Gasteiger partial charge in [0.2, 0.25) is 0 Å². The molecule has 0 radical (unpaired) electrons. The van der Waals surface area contributed by atoms with Crippen LogP contribution in [-0.4, -0.2) is 17.2 Å². The maximum absolute atomic E-state index is 12.4. The van der Waals surface area contributed by atoms with Crippen LogP contribution in [-0.2, 0) is 13.1 Å².